The lowest BCUT2D eigenvalue weighted by atomic mass is 9.95. The van der Waals surface area contributed by atoms with E-state index in [0.717, 1.165) is 31.2 Å². The second kappa shape index (κ2) is 6.55. The van der Waals surface area contributed by atoms with Gasteiger partial charge in [0.25, 0.3) is 0 Å². The minimum atomic E-state index is -0.161. The largest absolute Gasteiger partial charge is 0.495 e. The number of rotatable bonds is 4. The van der Waals surface area contributed by atoms with Gasteiger partial charge in [0.15, 0.2) is 0 Å². The monoisotopic (exact) mass is 261 g/mol. The number of ether oxygens (including phenoxy) is 2. The number of hydrogen-bond acceptors (Lipinski definition) is 4. The summed E-state index contributed by atoms with van der Waals surface area (Å²) in [5.74, 6) is 0.590. The summed E-state index contributed by atoms with van der Waals surface area (Å²) in [6.07, 6.45) is 3.50. The third-order valence-electron chi connectivity index (χ3n) is 3.51. The van der Waals surface area contributed by atoms with Crippen molar-refractivity contribution in [2.24, 2.45) is 0 Å². The van der Waals surface area contributed by atoms with Crippen LogP contribution in [0.5, 0.6) is 5.75 Å². The van der Waals surface area contributed by atoms with Crippen LogP contribution in [-0.4, -0.2) is 24.4 Å². The second-order valence-corrected chi connectivity index (χ2v) is 4.89. The van der Waals surface area contributed by atoms with E-state index in [1.54, 1.807) is 19.2 Å². The van der Waals surface area contributed by atoms with E-state index < -0.39 is 0 Å². The van der Waals surface area contributed by atoms with Gasteiger partial charge in [0, 0.05) is 0 Å². The van der Waals surface area contributed by atoms with Gasteiger partial charge in [-0.1, -0.05) is 6.07 Å². The molecule has 102 valence electrons. The number of aliphatic hydroxyl groups excluding tert-OH is 1. The maximum absolute atomic E-state index is 9.43. The van der Waals surface area contributed by atoms with Crippen molar-refractivity contribution in [3.63, 3.8) is 0 Å². The highest BCUT2D eigenvalue weighted by molar-refractivity contribution is 5.45. The Labute approximate surface area is 113 Å². The summed E-state index contributed by atoms with van der Waals surface area (Å²) in [6, 6.07) is 7.63. The summed E-state index contributed by atoms with van der Waals surface area (Å²) in [5, 5.41) is 18.5. The standard InChI is InChI=1S/C15H19NO3/c1-18-15-7-2-11(8-12(15)9-16)10-19-14-5-3-13(17)4-6-14/h2,7-8,13-14,17H,3-6,10H2,1H3. The van der Waals surface area contributed by atoms with E-state index in [1.807, 2.05) is 6.07 Å². The van der Waals surface area contributed by atoms with Crippen LogP contribution in [0.4, 0.5) is 0 Å². The molecular formula is C15H19NO3. The Morgan fingerprint density at radius 3 is 2.68 bits per heavy atom. The zero-order chi connectivity index (χ0) is 13.7. The van der Waals surface area contributed by atoms with E-state index in [4.69, 9.17) is 14.7 Å². The Morgan fingerprint density at radius 2 is 2.05 bits per heavy atom. The molecule has 4 heteroatoms. The fourth-order valence-electron chi connectivity index (χ4n) is 2.36. The van der Waals surface area contributed by atoms with Crippen molar-refractivity contribution >= 4 is 0 Å². The molecule has 0 spiro atoms. The fourth-order valence-corrected chi connectivity index (χ4v) is 2.36. The van der Waals surface area contributed by atoms with Crippen molar-refractivity contribution < 1.29 is 14.6 Å². The Bertz CT molecular complexity index is 459. The molecule has 0 aromatic heterocycles. The predicted octanol–water partition coefficient (Wildman–Crippen LogP) is 2.39. The molecule has 0 amide bonds. The minimum Gasteiger partial charge on any atom is -0.495 e. The molecule has 0 bridgehead atoms. The van der Waals surface area contributed by atoms with E-state index in [2.05, 4.69) is 6.07 Å². The van der Waals surface area contributed by atoms with Gasteiger partial charge in [-0.2, -0.15) is 5.26 Å². The summed E-state index contributed by atoms with van der Waals surface area (Å²) < 4.78 is 10.9. The first kappa shape index (κ1) is 13.9. The van der Waals surface area contributed by atoms with Crippen molar-refractivity contribution in [3.05, 3.63) is 29.3 Å². The first-order valence-electron chi connectivity index (χ1n) is 6.59. The van der Waals surface area contributed by atoms with Gasteiger partial charge in [-0.25, -0.2) is 0 Å². The van der Waals surface area contributed by atoms with Gasteiger partial charge in [0.1, 0.15) is 11.8 Å². The van der Waals surface area contributed by atoms with E-state index >= 15 is 0 Å². The predicted molar refractivity (Wildman–Crippen MR) is 70.8 cm³/mol. The Hall–Kier alpha value is -1.57. The van der Waals surface area contributed by atoms with Gasteiger partial charge in [-0.05, 0) is 43.4 Å². The molecule has 0 radical (unpaired) electrons. The summed E-state index contributed by atoms with van der Waals surface area (Å²) in [7, 11) is 1.56. The maximum atomic E-state index is 9.43. The normalized spacial score (nSPS) is 22.8. The molecule has 1 fully saturated rings. The van der Waals surface area contributed by atoms with Crippen molar-refractivity contribution in [2.75, 3.05) is 7.11 Å². The molecule has 1 N–H and O–H groups in total. The Kier molecular flexibility index (Phi) is 4.78. The molecule has 0 aliphatic heterocycles. The molecule has 1 aromatic rings. The zero-order valence-electron chi connectivity index (χ0n) is 11.1. The van der Waals surface area contributed by atoms with Crippen LogP contribution >= 0.6 is 0 Å². The van der Waals surface area contributed by atoms with Crippen LogP contribution in [-0.2, 0) is 11.3 Å². The van der Waals surface area contributed by atoms with Crippen LogP contribution in [0.3, 0.4) is 0 Å². The van der Waals surface area contributed by atoms with Crippen LogP contribution in [0.2, 0.25) is 0 Å². The van der Waals surface area contributed by atoms with E-state index in [1.165, 1.54) is 0 Å². The molecule has 19 heavy (non-hydrogen) atoms. The minimum absolute atomic E-state index is 0.161. The van der Waals surface area contributed by atoms with E-state index in [-0.39, 0.29) is 12.2 Å². The van der Waals surface area contributed by atoms with Gasteiger partial charge in [0.2, 0.25) is 0 Å². The molecule has 0 heterocycles. The van der Waals surface area contributed by atoms with Crippen molar-refractivity contribution in [2.45, 2.75) is 44.5 Å². The van der Waals surface area contributed by atoms with Crippen LogP contribution in [0.25, 0.3) is 0 Å². The first-order valence-corrected chi connectivity index (χ1v) is 6.59. The molecule has 0 saturated heterocycles. The summed E-state index contributed by atoms with van der Waals surface area (Å²) in [6.45, 7) is 0.499. The highest BCUT2D eigenvalue weighted by Gasteiger charge is 2.19. The number of hydrogen-bond donors (Lipinski definition) is 1. The topological polar surface area (TPSA) is 62.5 Å². The van der Waals surface area contributed by atoms with Crippen LogP contribution < -0.4 is 4.74 Å². The average Bonchev–Trinajstić information content (AvgIpc) is 2.46. The summed E-state index contributed by atoms with van der Waals surface area (Å²) >= 11 is 0. The van der Waals surface area contributed by atoms with E-state index in [9.17, 15) is 5.11 Å². The average molecular weight is 261 g/mol. The zero-order valence-corrected chi connectivity index (χ0v) is 11.1. The number of aliphatic hydroxyl groups is 1. The quantitative estimate of drug-likeness (QED) is 0.904. The number of nitriles is 1. The molecule has 1 aliphatic rings. The third kappa shape index (κ3) is 3.69. The van der Waals surface area contributed by atoms with E-state index in [0.29, 0.717) is 17.9 Å². The van der Waals surface area contributed by atoms with Crippen LogP contribution in [0.15, 0.2) is 18.2 Å². The lowest BCUT2D eigenvalue weighted by molar-refractivity contribution is -0.0118. The van der Waals surface area contributed by atoms with Crippen LogP contribution in [0.1, 0.15) is 36.8 Å². The lowest BCUT2D eigenvalue weighted by Gasteiger charge is -2.25. The van der Waals surface area contributed by atoms with Crippen molar-refractivity contribution in [1.82, 2.24) is 0 Å². The molecule has 2 rings (SSSR count). The highest BCUT2D eigenvalue weighted by atomic mass is 16.5. The molecule has 1 saturated carbocycles. The van der Waals surface area contributed by atoms with Crippen LogP contribution in [0, 0.1) is 11.3 Å². The van der Waals surface area contributed by atoms with Gasteiger partial charge < -0.3 is 14.6 Å². The third-order valence-corrected chi connectivity index (χ3v) is 3.51. The molecule has 4 nitrogen and oxygen atoms in total. The van der Waals surface area contributed by atoms with Gasteiger partial charge >= 0.3 is 0 Å². The Morgan fingerprint density at radius 1 is 1.32 bits per heavy atom. The maximum Gasteiger partial charge on any atom is 0.136 e. The Balaban J connectivity index is 1.91. The number of methoxy groups -OCH3 is 1. The number of benzene rings is 1. The van der Waals surface area contributed by atoms with Gasteiger partial charge in [-0.15, -0.1) is 0 Å². The SMILES string of the molecule is COc1ccc(COC2CCC(O)CC2)cc1C#N. The first-order chi connectivity index (χ1) is 9.22. The molecule has 0 atom stereocenters. The van der Waals surface area contributed by atoms with Gasteiger partial charge in [0.05, 0.1) is 31.5 Å². The fraction of sp³-hybridized carbons (Fsp3) is 0.533. The molecule has 0 unspecified atom stereocenters. The summed E-state index contributed by atoms with van der Waals surface area (Å²) in [5.41, 5.74) is 1.51. The van der Waals surface area contributed by atoms with Crippen molar-refractivity contribution in [1.29, 1.82) is 5.26 Å². The molecule has 1 aliphatic carbocycles. The number of nitrogens with zero attached hydrogens (tertiary/aromatic N) is 1. The highest BCUT2D eigenvalue weighted by Crippen LogP contribution is 2.23. The van der Waals surface area contributed by atoms with Crippen molar-refractivity contribution in [3.8, 4) is 11.8 Å². The molecular weight excluding hydrogens is 242 g/mol. The smallest absolute Gasteiger partial charge is 0.136 e. The summed E-state index contributed by atoms with van der Waals surface area (Å²) in [4.78, 5) is 0. The molecule has 1 aromatic carbocycles. The van der Waals surface area contributed by atoms with Gasteiger partial charge in [-0.3, -0.25) is 0 Å². The lowest BCUT2D eigenvalue weighted by Crippen LogP contribution is -2.24. The second-order valence-electron chi connectivity index (χ2n) is 4.89.